The topological polar surface area (TPSA) is 91.5 Å². The van der Waals surface area contributed by atoms with Crippen LogP contribution in [0.25, 0.3) is 11.5 Å². The smallest absolute Gasteiger partial charge is 0.276 e. The van der Waals surface area contributed by atoms with Crippen molar-refractivity contribution in [1.82, 2.24) is 34.2 Å². The Morgan fingerprint density at radius 1 is 1.32 bits per heavy atom. The first-order chi connectivity index (χ1) is 13.5. The minimum absolute atomic E-state index is 0.111. The number of likely N-dealkylation sites (tertiary alicyclic amines) is 2. The highest BCUT2D eigenvalue weighted by atomic mass is 19.1. The van der Waals surface area contributed by atoms with Crippen LogP contribution < -0.4 is 5.56 Å². The summed E-state index contributed by atoms with van der Waals surface area (Å²) in [7, 11) is 0. The molecule has 1 amide bonds. The molecule has 0 aliphatic carbocycles. The van der Waals surface area contributed by atoms with Gasteiger partial charge in [-0.25, -0.2) is 13.6 Å². The molecule has 0 unspecified atom stereocenters. The lowest BCUT2D eigenvalue weighted by atomic mass is 10.1. The number of amides is 1. The summed E-state index contributed by atoms with van der Waals surface area (Å²) in [4.78, 5) is 31.6. The molecule has 5 heterocycles. The predicted molar refractivity (Wildman–Crippen MR) is 98.4 cm³/mol. The average Bonchev–Trinajstić information content (AvgIpc) is 3.33. The Morgan fingerprint density at radius 3 is 2.89 bits per heavy atom. The number of rotatable bonds is 3. The van der Waals surface area contributed by atoms with E-state index < -0.39 is 6.17 Å². The Labute approximate surface area is 159 Å². The number of hydrogen-bond donors (Lipinski definition) is 1. The van der Waals surface area contributed by atoms with Crippen LogP contribution in [0.15, 0.2) is 29.3 Å². The summed E-state index contributed by atoms with van der Waals surface area (Å²) in [6, 6.07) is 3.64. The van der Waals surface area contributed by atoms with E-state index in [2.05, 4.69) is 20.1 Å². The summed E-state index contributed by atoms with van der Waals surface area (Å²) in [5, 5.41) is 8.59. The third-order valence-electron chi connectivity index (χ3n) is 5.66. The summed E-state index contributed by atoms with van der Waals surface area (Å²) in [5.74, 6) is 0.137. The highest BCUT2D eigenvalue weighted by molar-refractivity contribution is 5.95. The molecule has 28 heavy (non-hydrogen) atoms. The van der Waals surface area contributed by atoms with Crippen LogP contribution in [0, 0.1) is 6.92 Å². The molecule has 5 rings (SSSR count). The van der Waals surface area contributed by atoms with E-state index in [0.717, 1.165) is 6.54 Å². The normalized spacial score (nSPS) is 20.8. The molecule has 0 spiro atoms. The number of aromatic nitrogens is 5. The summed E-state index contributed by atoms with van der Waals surface area (Å²) in [5.41, 5.74) is 1.24. The highest BCUT2D eigenvalue weighted by Gasteiger charge is 2.39. The van der Waals surface area contributed by atoms with Gasteiger partial charge in [0.1, 0.15) is 11.7 Å². The molecule has 2 saturated heterocycles. The lowest BCUT2D eigenvalue weighted by Gasteiger charge is -2.43. The molecule has 0 saturated carbocycles. The molecule has 0 bridgehead atoms. The zero-order valence-corrected chi connectivity index (χ0v) is 15.4. The minimum atomic E-state index is -0.752. The van der Waals surface area contributed by atoms with Crippen LogP contribution in [0.2, 0.25) is 0 Å². The Balaban J connectivity index is 1.35. The molecule has 3 aromatic rings. The summed E-state index contributed by atoms with van der Waals surface area (Å²) in [6.07, 6.45) is 3.00. The maximum Gasteiger partial charge on any atom is 0.276 e. The Hall–Kier alpha value is -3.01. The SMILES string of the molecule is Cc1c(C(=O)N2CC(N3CC[C@@H](F)C3)C2)cnn1-c1nn2cccc2c(=O)[nH]1. The maximum atomic E-state index is 13.4. The van der Waals surface area contributed by atoms with Crippen LogP contribution >= 0.6 is 0 Å². The van der Waals surface area contributed by atoms with Gasteiger partial charge < -0.3 is 4.90 Å². The van der Waals surface area contributed by atoms with Gasteiger partial charge in [-0.05, 0) is 25.5 Å². The van der Waals surface area contributed by atoms with E-state index in [1.165, 1.54) is 15.4 Å². The molecule has 146 valence electrons. The standard InChI is InChI=1S/C18H20FN7O2/c1-11-14(17(28)24-9-13(10-24)23-6-4-12(19)8-23)7-20-26(11)18-21-16(27)15-3-2-5-25(15)22-18/h2-3,5,7,12-13H,4,6,8-10H2,1H3,(H,21,22,27)/t12-/m1/s1. The van der Waals surface area contributed by atoms with Gasteiger partial charge in [0.15, 0.2) is 0 Å². The number of aromatic amines is 1. The van der Waals surface area contributed by atoms with E-state index >= 15 is 0 Å². The Morgan fingerprint density at radius 2 is 2.14 bits per heavy atom. The van der Waals surface area contributed by atoms with Crippen LogP contribution in [-0.2, 0) is 0 Å². The molecular formula is C18H20FN7O2. The lowest BCUT2D eigenvalue weighted by molar-refractivity contribution is 0.0319. The van der Waals surface area contributed by atoms with Crippen molar-refractivity contribution in [2.45, 2.75) is 25.6 Å². The van der Waals surface area contributed by atoms with Crippen molar-refractivity contribution in [3.05, 3.63) is 46.1 Å². The van der Waals surface area contributed by atoms with E-state index in [1.807, 2.05) is 0 Å². The monoisotopic (exact) mass is 385 g/mol. The number of fused-ring (bicyclic) bond motifs is 1. The molecule has 2 fully saturated rings. The third kappa shape index (κ3) is 2.63. The number of alkyl halides is 1. The second-order valence-electron chi connectivity index (χ2n) is 7.42. The van der Waals surface area contributed by atoms with Gasteiger partial charge in [-0.2, -0.15) is 5.10 Å². The van der Waals surface area contributed by atoms with E-state index in [9.17, 15) is 14.0 Å². The fourth-order valence-corrected chi connectivity index (χ4v) is 3.96. The number of hydrogen-bond acceptors (Lipinski definition) is 5. The number of carbonyl (C=O) groups excluding carboxylic acids is 1. The van der Waals surface area contributed by atoms with Crippen LogP contribution in [0.5, 0.6) is 0 Å². The second-order valence-corrected chi connectivity index (χ2v) is 7.42. The minimum Gasteiger partial charge on any atom is -0.335 e. The van der Waals surface area contributed by atoms with Crippen molar-refractivity contribution >= 4 is 11.4 Å². The van der Waals surface area contributed by atoms with Gasteiger partial charge in [0.25, 0.3) is 11.5 Å². The molecular weight excluding hydrogens is 365 g/mol. The highest BCUT2D eigenvalue weighted by Crippen LogP contribution is 2.24. The quantitative estimate of drug-likeness (QED) is 0.704. The van der Waals surface area contributed by atoms with Crippen molar-refractivity contribution in [3.63, 3.8) is 0 Å². The number of halogens is 1. The molecule has 2 aliphatic rings. The first kappa shape index (κ1) is 17.1. The zero-order valence-electron chi connectivity index (χ0n) is 15.4. The summed E-state index contributed by atoms with van der Waals surface area (Å²) in [6.45, 7) is 4.18. The van der Waals surface area contributed by atoms with Crippen molar-refractivity contribution in [2.24, 2.45) is 0 Å². The number of nitrogens with one attached hydrogen (secondary N) is 1. The van der Waals surface area contributed by atoms with Gasteiger partial charge in [-0.1, -0.05) is 0 Å². The number of H-pyrrole nitrogens is 1. The van der Waals surface area contributed by atoms with Crippen molar-refractivity contribution in [1.29, 1.82) is 0 Å². The van der Waals surface area contributed by atoms with Crippen LogP contribution in [0.1, 0.15) is 22.5 Å². The molecule has 1 N–H and O–H groups in total. The van der Waals surface area contributed by atoms with E-state index in [-0.39, 0.29) is 23.5 Å². The van der Waals surface area contributed by atoms with Gasteiger partial charge >= 0.3 is 0 Å². The Kier molecular flexibility index (Phi) is 3.83. The fourth-order valence-electron chi connectivity index (χ4n) is 3.96. The number of carbonyl (C=O) groups is 1. The van der Waals surface area contributed by atoms with Gasteiger partial charge in [0, 0.05) is 38.4 Å². The molecule has 10 heteroatoms. The van der Waals surface area contributed by atoms with E-state index in [0.29, 0.717) is 42.8 Å². The maximum absolute atomic E-state index is 13.4. The largest absolute Gasteiger partial charge is 0.335 e. The molecule has 0 radical (unpaired) electrons. The number of nitrogens with zero attached hydrogens (tertiary/aromatic N) is 6. The van der Waals surface area contributed by atoms with Gasteiger partial charge in [-0.3, -0.25) is 19.5 Å². The Bertz CT molecular complexity index is 1110. The molecule has 9 nitrogen and oxygen atoms in total. The van der Waals surface area contributed by atoms with Crippen molar-refractivity contribution in [2.75, 3.05) is 26.2 Å². The van der Waals surface area contributed by atoms with Crippen molar-refractivity contribution < 1.29 is 9.18 Å². The van der Waals surface area contributed by atoms with Gasteiger partial charge in [0.05, 0.1) is 17.5 Å². The summed E-state index contributed by atoms with van der Waals surface area (Å²) >= 11 is 0. The zero-order chi connectivity index (χ0) is 19.4. The average molecular weight is 385 g/mol. The first-order valence-electron chi connectivity index (χ1n) is 9.31. The summed E-state index contributed by atoms with van der Waals surface area (Å²) < 4.78 is 16.3. The van der Waals surface area contributed by atoms with Crippen LogP contribution in [0.3, 0.4) is 0 Å². The lowest BCUT2D eigenvalue weighted by Crippen LogP contribution is -2.60. The molecule has 1 atom stereocenters. The first-order valence-corrected chi connectivity index (χ1v) is 9.31. The molecule has 0 aromatic carbocycles. The van der Waals surface area contributed by atoms with Gasteiger partial charge in [-0.15, -0.1) is 5.10 Å². The van der Waals surface area contributed by atoms with E-state index in [4.69, 9.17) is 0 Å². The van der Waals surface area contributed by atoms with Crippen LogP contribution in [0.4, 0.5) is 4.39 Å². The fraction of sp³-hybridized carbons (Fsp3) is 0.444. The predicted octanol–water partition coefficient (Wildman–Crippen LogP) is 0.385. The third-order valence-corrected chi connectivity index (χ3v) is 5.66. The van der Waals surface area contributed by atoms with E-state index in [1.54, 1.807) is 30.2 Å². The van der Waals surface area contributed by atoms with Gasteiger partial charge in [0.2, 0.25) is 5.95 Å². The molecule has 3 aromatic heterocycles. The second kappa shape index (κ2) is 6.26. The molecule has 2 aliphatic heterocycles. The van der Waals surface area contributed by atoms with Crippen molar-refractivity contribution in [3.8, 4) is 5.95 Å². The van der Waals surface area contributed by atoms with Crippen LogP contribution in [-0.4, -0.2) is 78.5 Å².